The fourth-order valence-corrected chi connectivity index (χ4v) is 4.19. The van der Waals surface area contributed by atoms with Crippen LogP contribution >= 0.6 is 0 Å². The number of ether oxygens (including phenoxy) is 3. The molecule has 2 aromatic rings. The van der Waals surface area contributed by atoms with E-state index in [1.54, 1.807) is 37.7 Å². The van der Waals surface area contributed by atoms with Crippen molar-refractivity contribution < 1.29 is 23.8 Å². The topological polar surface area (TPSA) is 115 Å². The SMILES string of the molecule is COC1CCC(C(=O)NC(=O)Nc2ccc(Oc3cnc(N4CCOCC4)nc3)c(C)c2)CC1. The van der Waals surface area contributed by atoms with Crippen molar-refractivity contribution in [2.45, 2.75) is 38.7 Å². The predicted octanol–water partition coefficient (Wildman–Crippen LogP) is 3.27. The smallest absolute Gasteiger partial charge is 0.325 e. The van der Waals surface area contributed by atoms with Crippen LogP contribution in [0.3, 0.4) is 0 Å². The van der Waals surface area contributed by atoms with E-state index < -0.39 is 6.03 Å². The Balaban J connectivity index is 1.28. The minimum atomic E-state index is -0.543. The molecule has 34 heavy (non-hydrogen) atoms. The van der Waals surface area contributed by atoms with Crippen molar-refractivity contribution in [3.8, 4) is 11.5 Å². The molecule has 1 aliphatic carbocycles. The molecule has 1 aromatic heterocycles. The lowest BCUT2D eigenvalue weighted by atomic mass is 9.87. The zero-order valence-electron chi connectivity index (χ0n) is 19.6. The summed E-state index contributed by atoms with van der Waals surface area (Å²) < 4.78 is 16.6. The van der Waals surface area contributed by atoms with Gasteiger partial charge in [-0.25, -0.2) is 14.8 Å². The van der Waals surface area contributed by atoms with Gasteiger partial charge in [0.25, 0.3) is 0 Å². The van der Waals surface area contributed by atoms with Crippen LogP contribution in [0, 0.1) is 12.8 Å². The van der Waals surface area contributed by atoms with E-state index in [-0.39, 0.29) is 17.9 Å². The third-order valence-corrected chi connectivity index (χ3v) is 6.18. The van der Waals surface area contributed by atoms with Crippen molar-refractivity contribution in [2.24, 2.45) is 5.92 Å². The van der Waals surface area contributed by atoms with Gasteiger partial charge in [-0.2, -0.15) is 0 Å². The molecule has 4 rings (SSSR count). The maximum Gasteiger partial charge on any atom is 0.325 e. The molecule has 182 valence electrons. The molecule has 0 spiro atoms. The summed E-state index contributed by atoms with van der Waals surface area (Å²) in [5.41, 5.74) is 1.39. The molecule has 1 saturated heterocycles. The molecule has 2 aliphatic rings. The average molecular weight is 470 g/mol. The van der Waals surface area contributed by atoms with Crippen LogP contribution in [0.5, 0.6) is 11.5 Å². The molecule has 2 heterocycles. The second kappa shape index (κ2) is 11.3. The zero-order valence-corrected chi connectivity index (χ0v) is 19.6. The van der Waals surface area contributed by atoms with Gasteiger partial charge in [0.05, 0.1) is 31.7 Å². The Kier molecular flexibility index (Phi) is 7.91. The molecule has 2 N–H and O–H groups in total. The van der Waals surface area contributed by atoms with Crippen LogP contribution in [0.1, 0.15) is 31.2 Å². The van der Waals surface area contributed by atoms with Crippen molar-refractivity contribution in [1.82, 2.24) is 15.3 Å². The Labute approximate surface area is 199 Å². The quantitative estimate of drug-likeness (QED) is 0.663. The van der Waals surface area contributed by atoms with Gasteiger partial charge in [-0.3, -0.25) is 10.1 Å². The van der Waals surface area contributed by atoms with Crippen LogP contribution in [0.2, 0.25) is 0 Å². The van der Waals surface area contributed by atoms with Gasteiger partial charge in [-0.05, 0) is 56.4 Å². The maximum absolute atomic E-state index is 12.4. The fraction of sp³-hybridized carbons (Fsp3) is 0.500. The third kappa shape index (κ3) is 6.21. The second-order valence-corrected chi connectivity index (χ2v) is 8.55. The number of carbonyl (C=O) groups is 2. The lowest BCUT2D eigenvalue weighted by Gasteiger charge is -2.26. The molecule has 1 aliphatic heterocycles. The standard InChI is InChI=1S/C24H31N5O5/c1-16-13-18(27-24(31)28-22(30)17-3-6-19(32-2)7-4-17)5-8-21(16)34-20-14-25-23(26-15-20)29-9-11-33-12-10-29/h5,8,13-15,17,19H,3-4,6-7,9-12H2,1-2H3,(H2,27,28,30,31). The van der Waals surface area contributed by atoms with Crippen LogP contribution in [0.4, 0.5) is 16.4 Å². The van der Waals surface area contributed by atoms with Gasteiger partial charge in [0.15, 0.2) is 5.75 Å². The number of aryl methyl sites for hydroxylation is 1. The first-order valence-electron chi connectivity index (χ1n) is 11.6. The van der Waals surface area contributed by atoms with Crippen molar-refractivity contribution in [1.29, 1.82) is 0 Å². The summed E-state index contributed by atoms with van der Waals surface area (Å²) in [7, 11) is 1.69. The summed E-state index contributed by atoms with van der Waals surface area (Å²) in [6.45, 7) is 4.75. The molecule has 3 amide bonds. The lowest BCUT2D eigenvalue weighted by molar-refractivity contribution is -0.125. The molecule has 10 nitrogen and oxygen atoms in total. The number of hydrogen-bond acceptors (Lipinski definition) is 8. The number of methoxy groups -OCH3 is 1. The van der Waals surface area contributed by atoms with Gasteiger partial charge in [0.1, 0.15) is 5.75 Å². The second-order valence-electron chi connectivity index (χ2n) is 8.55. The molecule has 0 atom stereocenters. The summed E-state index contributed by atoms with van der Waals surface area (Å²) in [5, 5.41) is 5.16. The Morgan fingerprint density at radius 2 is 1.79 bits per heavy atom. The van der Waals surface area contributed by atoms with E-state index in [0.29, 0.717) is 36.3 Å². The number of nitrogens with one attached hydrogen (secondary N) is 2. The van der Waals surface area contributed by atoms with E-state index >= 15 is 0 Å². The number of nitrogens with zero attached hydrogens (tertiary/aromatic N) is 3. The van der Waals surface area contributed by atoms with Crippen LogP contribution in [0.15, 0.2) is 30.6 Å². The van der Waals surface area contributed by atoms with Gasteiger partial charge in [0.2, 0.25) is 11.9 Å². The van der Waals surface area contributed by atoms with Crippen molar-refractivity contribution in [3.05, 3.63) is 36.2 Å². The summed E-state index contributed by atoms with van der Waals surface area (Å²) in [4.78, 5) is 35.5. The highest BCUT2D eigenvalue weighted by atomic mass is 16.5. The summed E-state index contributed by atoms with van der Waals surface area (Å²) in [6.07, 6.45) is 6.59. The number of morpholine rings is 1. The number of imide groups is 1. The number of carbonyl (C=O) groups excluding carboxylic acids is 2. The number of hydrogen-bond donors (Lipinski definition) is 2. The lowest BCUT2D eigenvalue weighted by Crippen LogP contribution is -2.40. The summed E-state index contributed by atoms with van der Waals surface area (Å²) >= 11 is 0. The fourth-order valence-electron chi connectivity index (χ4n) is 4.19. The minimum absolute atomic E-state index is 0.161. The highest BCUT2D eigenvalue weighted by Gasteiger charge is 2.27. The minimum Gasteiger partial charge on any atom is -0.454 e. The van der Waals surface area contributed by atoms with Crippen LogP contribution < -0.4 is 20.3 Å². The molecule has 0 unspecified atom stereocenters. The van der Waals surface area contributed by atoms with E-state index in [4.69, 9.17) is 14.2 Å². The van der Waals surface area contributed by atoms with Crippen LogP contribution in [-0.2, 0) is 14.3 Å². The molecular formula is C24H31N5O5. The van der Waals surface area contributed by atoms with E-state index in [0.717, 1.165) is 44.3 Å². The normalized spacial score (nSPS) is 20.5. The molecule has 2 fully saturated rings. The predicted molar refractivity (Wildman–Crippen MR) is 126 cm³/mol. The number of amides is 3. The first kappa shape index (κ1) is 23.9. The third-order valence-electron chi connectivity index (χ3n) is 6.18. The monoisotopic (exact) mass is 469 g/mol. The van der Waals surface area contributed by atoms with Crippen molar-refractivity contribution in [2.75, 3.05) is 43.6 Å². The molecule has 0 radical (unpaired) electrons. The first-order chi connectivity index (χ1) is 16.5. The Morgan fingerprint density at radius 1 is 1.09 bits per heavy atom. The number of anilines is 2. The van der Waals surface area contributed by atoms with Crippen LogP contribution in [0.25, 0.3) is 0 Å². The Morgan fingerprint density at radius 3 is 2.44 bits per heavy atom. The largest absolute Gasteiger partial charge is 0.454 e. The van der Waals surface area contributed by atoms with Gasteiger partial charge < -0.3 is 24.4 Å². The highest BCUT2D eigenvalue weighted by Crippen LogP contribution is 2.28. The number of benzene rings is 1. The van der Waals surface area contributed by atoms with E-state index in [2.05, 4.69) is 25.5 Å². The summed E-state index contributed by atoms with van der Waals surface area (Å²) in [6, 6.07) is 4.72. The van der Waals surface area contributed by atoms with Gasteiger partial charge in [-0.1, -0.05) is 0 Å². The Bertz CT molecular complexity index is 986. The molecule has 10 heteroatoms. The zero-order chi connectivity index (χ0) is 23.9. The van der Waals surface area contributed by atoms with Gasteiger partial charge >= 0.3 is 6.03 Å². The maximum atomic E-state index is 12.4. The molecule has 1 saturated carbocycles. The van der Waals surface area contributed by atoms with Gasteiger partial charge in [0, 0.05) is 31.8 Å². The number of rotatable bonds is 6. The highest BCUT2D eigenvalue weighted by molar-refractivity contribution is 6.01. The van der Waals surface area contributed by atoms with E-state index in [1.165, 1.54) is 0 Å². The number of urea groups is 1. The first-order valence-corrected chi connectivity index (χ1v) is 11.6. The van der Waals surface area contributed by atoms with Crippen LogP contribution in [-0.4, -0.2) is 61.4 Å². The average Bonchev–Trinajstić information content (AvgIpc) is 2.86. The van der Waals surface area contributed by atoms with Crippen molar-refractivity contribution in [3.63, 3.8) is 0 Å². The van der Waals surface area contributed by atoms with Crippen molar-refractivity contribution >= 4 is 23.6 Å². The molecule has 0 bridgehead atoms. The molecular weight excluding hydrogens is 438 g/mol. The van der Waals surface area contributed by atoms with E-state index in [9.17, 15) is 9.59 Å². The van der Waals surface area contributed by atoms with E-state index in [1.807, 2.05) is 6.92 Å². The molecule has 1 aromatic carbocycles. The Hall–Kier alpha value is -3.24. The number of aromatic nitrogens is 2. The van der Waals surface area contributed by atoms with Gasteiger partial charge in [-0.15, -0.1) is 0 Å². The summed E-state index contributed by atoms with van der Waals surface area (Å²) in [5.74, 6) is 1.39.